The van der Waals surface area contributed by atoms with Crippen LogP contribution in [0.15, 0.2) is 30.3 Å². The number of hydrogen-bond donors (Lipinski definition) is 2. The average molecular weight is 248 g/mol. The van der Waals surface area contributed by atoms with Crippen LogP contribution in [0, 0.1) is 11.8 Å². The van der Waals surface area contributed by atoms with Crippen molar-refractivity contribution in [2.24, 2.45) is 17.6 Å². The lowest BCUT2D eigenvalue weighted by atomic mass is 9.84. The molecule has 1 atom stereocenters. The Bertz CT molecular complexity index is 330. The van der Waals surface area contributed by atoms with Gasteiger partial charge in [0.15, 0.2) is 0 Å². The molecule has 1 saturated heterocycles. The zero-order valence-electron chi connectivity index (χ0n) is 11.0. The summed E-state index contributed by atoms with van der Waals surface area (Å²) in [5.74, 6) is 0.899. The van der Waals surface area contributed by atoms with E-state index in [2.05, 4.69) is 35.2 Å². The summed E-state index contributed by atoms with van der Waals surface area (Å²) in [7, 11) is 0. The highest BCUT2D eigenvalue weighted by molar-refractivity contribution is 5.14. The second-order valence-electron chi connectivity index (χ2n) is 5.28. The molecule has 1 fully saturated rings. The maximum Gasteiger partial charge on any atom is 0.0474 e. The zero-order chi connectivity index (χ0) is 12.8. The molecule has 18 heavy (non-hydrogen) atoms. The van der Waals surface area contributed by atoms with E-state index in [9.17, 15) is 5.11 Å². The Balaban J connectivity index is 1.80. The maximum absolute atomic E-state index is 9.29. The first-order valence-corrected chi connectivity index (χ1v) is 6.90. The first kappa shape index (κ1) is 13.5. The molecule has 1 heterocycles. The van der Waals surface area contributed by atoms with E-state index >= 15 is 0 Å². The van der Waals surface area contributed by atoms with Crippen molar-refractivity contribution in [3.8, 4) is 0 Å². The fourth-order valence-corrected chi connectivity index (χ4v) is 2.84. The van der Waals surface area contributed by atoms with Gasteiger partial charge >= 0.3 is 0 Å². The molecule has 0 radical (unpaired) electrons. The smallest absolute Gasteiger partial charge is 0.0474 e. The SMILES string of the molecule is NCC(CO)C1CCN(Cc2ccccc2)CC1. The normalized spacial score (nSPS) is 19.9. The molecule has 3 nitrogen and oxygen atoms in total. The van der Waals surface area contributed by atoms with Gasteiger partial charge in [-0.15, -0.1) is 0 Å². The van der Waals surface area contributed by atoms with Crippen LogP contribution in [0.4, 0.5) is 0 Å². The van der Waals surface area contributed by atoms with E-state index in [0.717, 1.165) is 32.5 Å². The topological polar surface area (TPSA) is 49.5 Å². The number of nitrogens with zero attached hydrogens (tertiary/aromatic N) is 1. The van der Waals surface area contributed by atoms with E-state index in [1.54, 1.807) is 0 Å². The van der Waals surface area contributed by atoms with Crippen molar-refractivity contribution in [2.45, 2.75) is 19.4 Å². The van der Waals surface area contributed by atoms with Gasteiger partial charge in [-0.3, -0.25) is 4.90 Å². The van der Waals surface area contributed by atoms with Gasteiger partial charge in [-0.05, 0) is 49.9 Å². The van der Waals surface area contributed by atoms with Gasteiger partial charge in [-0.1, -0.05) is 30.3 Å². The van der Waals surface area contributed by atoms with Gasteiger partial charge in [0.25, 0.3) is 0 Å². The van der Waals surface area contributed by atoms with Gasteiger partial charge in [0.2, 0.25) is 0 Å². The van der Waals surface area contributed by atoms with Crippen molar-refractivity contribution in [3.05, 3.63) is 35.9 Å². The third-order valence-corrected chi connectivity index (χ3v) is 4.09. The molecule has 100 valence electrons. The van der Waals surface area contributed by atoms with Crippen LogP contribution in [0.25, 0.3) is 0 Å². The molecule has 1 aromatic rings. The summed E-state index contributed by atoms with van der Waals surface area (Å²) in [5.41, 5.74) is 7.08. The molecule has 0 saturated carbocycles. The summed E-state index contributed by atoms with van der Waals surface area (Å²) in [6.07, 6.45) is 2.32. The molecule has 0 spiro atoms. The molecule has 0 bridgehead atoms. The van der Waals surface area contributed by atoms with Crippen molar-refractivity contribution in [1.82, 2.24) is 4.90 Å². The van der Waals surface area contributed by atoms with Gasteiger partial charge in [-0.25, -0.2) is 0 Å². The molecule has 0 aliphatic carbocycles. The first-order valence-electron chi connectivity index (χ1n) is 6.90. The summed E-state index contributed by atoms with van der Waals surface area (Å²) < 4.78 is 0. The Kier molecular flexibility index (Phi) is 5.17. The number of nitrogens with two attached hydrogens (primary N) is 1. The number of benzene rings is 1. The minimum atomic E-state index is 0.236. The lowest BCUT2D eigenvalue weighted by molar-refractivity contribution is 0.107. The highest BCUT2D eigenvalue weighted by Crippen LogP contribution is 2.25. The number of aliphatic hydroxyl groups excluding tert-OH is 1. The van der Waals surface area contributed by atoms with E-state index in [1.165, 1.54) is 5.56 Å². The summed E-state index contributed by atoms with van der Waals surface area (Å²) >= 11 is 0. The van der Waals surface area contributed by atoms with E-state index < -0.39 is 0 Å². The Labute approximate surface area is 110 Å². The van der Waals surface area contributed by atoms with Crippen LogP contribution in [0.3, 0.4) is 0 Å². The monoisotopic (exact) mass is 248 g/mol. The summed E-state index contributed by atoms with van der Waals surface area (Å²) in [4.78, 5) is 2.50. The summed E-state index contributed by atoms with van der Waals surface area (Å²) in [6.45, 7) is 4.13. The van der Waals surface area contributed by atoms with Gasteiger partial charge in [0.1, 0.15) is 0 Å². The molecule has 3 N–H and O–H groups in total. The van der Waals surface area contributed by atoms with Crippen LogP contribution in [0.5, 0.6) is 0 Å². The maximum atomic E-state index is 9.29. The predicted octanol–water partition coefficient (Wildman–Crippen LogP) is 1.47. The van der Waals surface area contributed by atoms with Crippen molar-refractivity contribution in [1.29, 1.82) is 0 Å². The number of rotatable bonds is 5. The number of aliphatic hydroxyl groups is 1. The summed E-state index contributed by atoms with van der Waals surface area (Å²) in [5, 5.41) is 9.29. The largest absolute Gasteiger partial charge is 0.396 e. The molecule has 0 aromatic heterocycles. The minimum absolute atomic E-state index is 0.236. The first-order chi connectivity index (χ1) is 8.83. The quantitative estimate of drug-likeness (QED) is 0.829. The molecular weight excluding hydrogens is 224 g/mol. The molecule has 3 heteroatoms. The highest BCUT2D eigenvalue weighted by Gasteiger charge is 2.25. The van der Waals surface area contributed by atoms with Crippen molar-refractivity contribution in [3.63, 3.8) is 0 Å². The molecule has 0 amide bonds. The molecule has 1 aromatic carbocycles. The lowest BCUT2D eigenvalue weighted by Gasteiger charge is -2.35. The third kappa shape index (κ3) is 3.55. The fourth-order valence-electron chi connectivity index (χ4n) is 2.84. The van der Waals surface area contributed by atoms with Gasteiger partial charge in [-0.2, -0.15) is 0 Å². The minimum Gasteiger partial charge on any atom is -0.396 e. The van der Waals surface area contributed by atoms with Gasteiger partial charge in [0, 0.05) is 13.2 Å². The standard InChI is InChI=1S/C15H24N2O/c16-10-15(12-18)14-6-8-17(9-7-14)11-13-4-2-1-3-5-13/h1-5,14-15,18H,6-12,16H2. The fraction of sp³-hybridized carbons (Fsp3) is 0.600. The second kappa shape index (κ2) is 6.88. The summed E-state index contributed by atoms with van der Waals surface area (Å²) in [6, 6.07) is 10.6. The van der Waals surface area contributed by atoms with Crippen molar-refractivity contribution >= 4 is 0 Å². The molecular formula is C15H24N2O. The Hall–Kier alpha value is -0.900. The van der Waals surface area contributed by atoms with Crippen LogP contribution in [0.2, 0.25) is 0 Å². The third-order valence-electron chi connectivity index (χ3n) is 4.09. The Morgan fingerprint density at radius 1 is 1.22 bits per heavy atom. The van der Waals surface area contributed by atoms with Crippen LogP contribution in [-0.4, -0.2) is 36.2 Å². The van der Waals surface area contributed by atoms with E-state index in [1.807, 2.05) is 0 Å². The molecule has 1 unspecified atom stereocenters. The zero-order valence-corrected chi connectivity index (χ0v) is 11.0. The molecule has 1 aliphatic rings. The van der Waals surface area contributed by atoms with Crippen LogP contribution >= 0.6 is 0 Å². The predicted molar refractivity (Wildman–Crippen MR) is 74.1 cm³/mol. The molecule has 1 aliphatic heterocycles. The van der Waals surface area contributed by atoms with Crippen LogP contribution in [0.1, 0.15) is 18.4 Å². The van der Waals surface area contributed by atoms with Crippen molar-refractivity contribution < 1.29 is 5.11 Å². The van der Waals surface area contributed by atoms with E-state index in [-0.39, 0.29) is 6.61 Å². The Morgan fingerprint density at radius 2 is 1.89 bits per heavy atom. The van der Waals surface area contributed by atoms with Crippen LogP contribution < -0.4 is 5.73 Å². The van der Waals surface area contributed by atoms with E-state index in [0.29, 0.717) is 18.4 Å². The van der Waals surface area contributed by atoms with Gasteiger partial charge in [0.05, 0.1) is 0 Å². The Morgan fingerprint density at radius 3 is 2.44 bits per heavy atom. The number of hydrogen-bond acceptors (Lipinski definition) is 3. The van der Waals surface area contributed by atoms with Crippen LogP contribution in [-0.2, 0) is 6.54 Å². The number of likely N-dealkylation sites (tertiary alicyclic amines) is 1. The second-order valence-corrected chi connectivity index (χ2v) is 5.28. The lowest BCUT2D eigenvalue weighted by Crippen LogP contribution is -2.38. The van der Waals surface area contributed by atoms with E-state index in [4.69, 9.17) is 5.73 Å². The number of piperidine rings is 1. The van der Waals surface area contributed by atoms with Gasteiger partial charge < -0.3 is 10.8 Å². The van der Waals surface area contributed by atoms with Crippen molar-refractivity contribution in [2.75, 3.05) is 26.2 Å². The highest BCUT2D eigenvalue weighted by atomic mass is 16.3. The average Bonchev–Trinajstić information content (AvgIpc) is 2.43. The molecule has 2 rings (SSSR count).